The summed E-state index contributed by atoms with van der Waals surface area (Å²) in [5, 5.41) is 2.64. The van der Waals surface area contributed by atoms with E-state index in [0.29, 0.717) is 29.7 Å². The second-order valence-electron chi connectivity index (χ2n) is 12.1. The average molecular weight is 639 g/mol. The molecular formula is C35H38F4N4O3. The Balaban J connectivity index is 1.52. The summed E-state index contributed by atoms with van der Waals surface area (Å²) in [4.78, 5) is 43.9. The van der Waals surface area contributed by atoms with Crippen LogP contribution in [0.25, 0.3) is 0 Å². The summed E-state index contributed by atoms with van der Waals surface area (Å²) in [6, 6.07) is 14.2. The van der Waals surface area contributed by atoms with Crippen molar-refractivity contribution in [2.75, 3.05) is 23.3 Å². The fraction of sp³-hybridized carbons (Fsp3) is 0.400. The predicted octanol–water partition coefficient (Wildman–Crippen LogP) is 6.93. The molecule has 244 valence electrons. The highest BCUT2D eigenvalue weighted by Gasteiger charge is 2.41. The predicted molar refractivity (Wildman–Crippen MR) is 168 cm³/mol. The maximum absolute atomic E-state index is 15.0. The summed E-state index contributed by atoms with van der Waals surface area (Å²) < 4.78 is 55.9. The quantitative estimate of drug-likeness (QED) is 0.275. The minimum absolute atomic E-state index is 0.0158. The lowest BCUT2D eigenvalue weighted by Gasteiger charge is -2.41. The van der Waals surface area contributed by atoms with Crippen LogP contribution in [0.5, 0.6) is 0 Å². The number of halogens is 4. The number of hydrogen-bond acceptors (Lipinski definition) is 4. The van der Waals surface area contributed by atoms with Gasteiger partial charge in [-0.15, -0.1) is 0 Å². The van der Waals surface area contributed by atoms with Crippen LogP contribution in [0.1, 0.15) is 77.2 Å². The van der Waals surface area contributed by atoms with Crippen LogP contribution in [-0.4, -0.2) is 41.8 Å². The normalized spacial score (nSPS) is 18.8. The molecule has 7 nitrogen and oxygen atoms in total. The van der Waals surface area contributed by atoms with Crippen molar-refractivity contribution >= 4 is 29.1 Å². The van der Waals surface area contributed by atoms with Gasteiger partial charge in [-0.1, -0.05) is 43.2 Å². The van der Waals surface area contributed by atoms with Gasteiger partial charge in [-0.05, 0) is 86.6 Å². The SMILES string of the molecule is Cc1ccc(NC(=O)[C@H]2CCCN(C(=O)c3c(C)cccc3F)[C@H]2c2ccc(N(C(=O)CN)C3CCCC3)cc2)cc1C(F)(F)F. The zero-order valence-corrected chi connectivity index (χ0v) is 25.9. The Morgan fingerprint density at radius 3 is 2.26 bits per heavy atom. The number of nitrogens with two attached hydrogens (primary N) is 1. The van der Waals surface area contributed by atoms with Crippen LogP contribution in [0.15, 0.2) is 60.7 Å². The first-order chi connectivity index (χ1) is 21.9. The molecule has 2 fully saturated rings. The molecule has 1 heterocycles. The average Bonchev–Trinajstić information content (AvgIpc) is 3.55. The van der Waals surface area contributed by atoms with Crippen molar-refractivity contribution in [2.45, 2.75) is 70.6 Å². The number of nitrogens with zero attached hydrogens (tertiary/aromatic N) is 2. The van der Waals surface area contributed by atoms with Crippen molar-refractivity contribution in [1.82, 2.24) is 4.90 Å². The van der Waals surface area contributed by atoms with E-state index in [4.69, 9.17) is 5.73 Å². The fourth-order valence-electron chi connectivity index (χ4n) is 6.85. The van der Waals surface area contributed by atoms with E-state index in [0.717, 1.165) is 31.7 Å². The Kier molecular flexibility index (Phi) is 9.81. The molecule has 0 bridgehead atoms. The van der Waals surface area contributed by atoms with Crippen molar-refractivity contribution in [2.24, 2.45) is 11.7 Å². The number of carbonyl (C=O) groups excluding carboxylic acids is 3. The van der Waals surface area contributed by atoms with E-state index in [1.807, 2.05) is 0 Å². The lowest BCUT2D eigenvalue weighted by atomic mass is 9.83. The van der Waals surface area contributed by atoms with Crippen LogP contribution < -0.4 is 16.0 Å². The molecule has 0 aromatic heterocycles. The number of anilines is 2. The number of aryl methyl sites for hydroxylation is 2. The van der Waals surface area contributed by atoms with E-state index in [9.17, 15) is 27.6 Å². The van der Waals surface area contributed by atoms with Crippen molar-refractivity contribution in [3.63, 3.8) is 0 Å². The lowest BCUT2D eigenvalue weighted by molar-refractivity contribution is -0.138. The van der Waals surface area contributed by atoms with Crippen molar-refractivity contribution < 1.29 is 31.9 Å². The van der Waals surface area contributed by atoms with Crippen LogP contribution in [0, 0.1) is 25.6 Å². The number of hydrogen-bond donors (Lipinski definition) is 2. The highest BCUT2D eigenvalue weighted by Crippen LogP contribution is 2.40. The largest absolute Gasteiger partial charge is 0.416 e. The first-order valence-corrected chi connectivity index (χ1v) is 15.6. The Morgan fingerprint density at radius 2 is 1.63 bits per heavy atom. The Labute approximate surface area is 265 Å². The number of piperidine rings is 1. The smallest absolute Gasteiger partial charge is 0.331 e. The van der Waals surface area contributed by atoms with Crippen LogP contribution in [-0.2, 0) is 15.8 Å². The summed E-state index contributed by atoms with van der Waals surface area (Å²) in [6.07, 6.45) is -0.0973. The topological polar surface area (TPSA) is 95.7 Å². The number of nitrogens with one attached hydrogen (secondary N) is 1. The number of benzene rings is 3. The van der Waals surface area contributed by atoms with E-state index in [1.165, 1.54) is 36.1 Å². The second kappa shape index (κ2) is 13.6. The zero-order valence-electron chi connectivity index (χ0n) is 25.9. The van der Waals surface area contributed by atoms with Crippen LogP contribution in [0.2, 0.25) is 0 Å². The molecule has 1 saturated carbocycles. The standard InChI is InChI=1S/C35H38F4N4O3/c1-21-12-15-24(19-28(21)35(37,38)39)41-33(45)27-10-6-18-42(34(46)31-22(2)7-5-11-29(31)36)32(27)23-13-16-26(17-14-23)43(30(44)20-40)25-8-3-4-9-25/h5,7,11-17,19,25,27,32H,3-4,6,8-10,18,20,40H2,1-2H3,(H,41,45)/t27-,32-/m0/s1. The lowest BCUT2D eigenvalue weighted by Crippen LogP contribution is -2.47. The number of likely N-dealkylation sites (tertiary alicyclic amines) is 1. The zero-order chi connectivity index (χ0) is 33.2. The molecule has 2 atom stereocenters. The Morgan fingerprint density at radius 1 is 0.935 bits per heavy atom. The molecule has 2 aliphatic rings. The van der Waals surface area contributed by atoms with Gasteiger partial charge in [0.2, 0.25) is 11.8 Å². The summed E-state index contributed by atoms with van der Waals surface area (Å²) in [5.74, 6) is -2.89. The highest BCUT2D eigenvalue weighted by atomic mass is 19.4. The third kappa shape index (κ3) is 6.79. The first kappa shape index (κ1) is 33.1. The minimum Gasteiger partial charge on any atom is -0.331 e. The van der Waals surface area contributed by atoms with Gasteiger partial charge in [-0.3, -0.25) is 14.4 Å². The molecule has 1 aliphatic carbocycles. The van der Waals surface area contributed by atoms with Gasteiger partial charge in [0.15, 0.2) is 0 Å². The molecule has 5 rings (SSSR count). The van der Waals surface area contributed by atoms with E-state index < -0.39 is 41.3 Å². The fourth-order valence-corrected chi connectivity index (χ4v) is 6.85. The van der Waals surface area contributed by atoms with Gasteiger partial charge in [0.25, 0.3) is 5.91 Å². The molecule has 1 aliphatic heterocycles. The molecule has 3 N–H and O–H groups in total. The van der Waals surface area contributed by atoms with Gasteiger partial charge in [-0.2, -0.15) is 13.2 Å². The van der Waals surface area contributed by atoms with Crippen LogP contribution in [0.4, 0.5) is 28.9 Å². The van der Waals surface area contributed by atoms with E-state index >= 15 is 4.39 Å². The second-order valence-corrected chi connectivity index (χ2v) is 12.1. The monoisotopic (exact) mass is 638 g/mol. The van der Waals surface area contributed by atoms with Crippen molar-refractivity contribution in [3.05, 3.63) is 94.3 Å². The van der Waals surface area contributed by atoms with E-state index in [1.54, 1.807) is 42.2 Å². The Hall–Kier alpha value is -4.25. The molecule has 3 aromatic carbocycles. The van der Waals surface area contributed by atoms with Crippen molar-refractivity contribution in [1.29, 1.82) is 0 Å². The molecule has 3 aromatic rings. The molecule has 1 saturated heterocycles. The third-order valence-electron chi connectivity index (χ3n) is 9.12. The number of rotatable bonds is 7. The van der Waals surface area contributed by atoms with E-state index in [2.05, 4.69) is 5.32 Å². The van der Waals surface area contributed by atoms with Gasteiger partial charge < -0.3 is 20.9 Å². The third-order valence-corrected chi connectivity index (χ3v) is 9.12. The van der Waals surface area contributed by atoms with Gasteiger partial charge in [0.1, 0.15) is 5.82 Å². The molecule has 0 spiro atoms. The van der Waals surface area contributed by atoms with Gasteiger partial charge in [-0.25, -0.2) is 4.39 Å². The van der Waals surface area contributed by atoms with Gasteiger partial charge in [0.05, 0.1) is 29.6 Å². The highest BCUT2D eigenvalue weighted by molar-refractivity contribution is 5.98. The molecule has 46 heavy (non-hydrogen) atoms. The molecule has 11 heteroatoms. The molecule has 3 amide bonds. The summed E-state index contributed by atoms with van der Waals surface area (Å²) >= 11 is 0. The maximum Gasteiger partial charge on any atom is 0.416 e. The summed E-state index contributed by atoms with van der Waals surface area (Å²) in [7, 11) is 0. The van der Waals surface area contributed by atoms with Crippen molar-refractivity contribution in [3.8, 4) is 0 Å². The number of carbonyl (C=O) groups is 3. The van der Waals surface area contributed by atoms with Gasteiger partial charge >= 0.3 is 6.18 Å². The maximum atomic E-state index is 15.0. The van der Waals surface area contributed by atoms with Crippen LogP contribution >= 0.6 is 0 Å². The van der Waals surface area contributed by atoms with Crippen LogP contribution in [0.3, 0.4) is 0 Å². The minimum atomic E-state index is -4.60. The Bertz CT molecular complexity index is 1580. The first-order valence-electron chi connectivity index (χ1n) is 15.6. The summed E-state index contributed by atoms with van der Waals surface area (Å²) in [5.41, 5.74) is 6.46. The number of amides is 3. The van der Waals surface area contributed by atoms with E-state index in [-0.39, 0.29) is 41.9 Å². The summed E-state index contributed by atoms with van der Waals surface area (Å²) in [6.45, 7) is 3.07. The number of alkyl halides is 3. The van der Waals surface area contributed by atoms with Gasteiger partial charge in [0, 0.05) is 24.0 Å². The molecule has 0 unspecified atom stereocenters. The molecule has 0 radical (unpaired) electrons. The molecular weight excluding hydrogens is 600 g/mol.